The molecule has 3 rings (SSSR count). The molecule has 0 aliphatic rings. The number of alkyl halides is 3. The zero-order chi connectivity index (χ0) is 24.1. The molecule has 0 bridgehead atoms. The molecule has 0 saturated heterocycles. The molecule has 176 valence electrons. The minimum Gasteiger partial charge on any atom is -0.497 e. The van der Waals surface area contributed by atoms with Gasteiger partial charge in [-0.2, -0.15) is 21.6 Å². The average molecular weight is 483 g/mol. The summed E-state index contributed by atoms with van der Waals surface area (Å²) in [6.45, 7) is 0.171. The molecular formula is C23H21F4NO4S. The maximum Gasteiger partial charge on any atom is 0.516 e. The van der Waals surface area contributed by atoms with Crippen molar-refractivity contribution in [1.29, 1.82) is 0 Å². The number of anilines is 1. The van der Waals surface area contributed by atoms with Gasteiger partial charge in [0.25, 0.3) is 0 Å². The van der Waals surface area contributed by atoms with Gasteiger partial charge >= 0.3 is 15.5 Å². The Labute approximate surface area is 189 Å². The topological polar surface area (TPSA) is 64.6 Å². The minimum absolute atomic E-state index is 0.00905. The smallest absolute Gasteiger partial charge is 0.497 e. The maximum atomic E-state index is 14.5. The molecule has 0 atom stereocenters. The summed E-state index contributed by atoms with van der Waals surface area (Å²) in [7, 11) is -3.93. The molecule has 0 saturated carbocycles. The zero-order valence-corrected chi connectivity index (χ0v) is 18.3. The van der Waals surface area contributed by atoms with Gasteiger partial charge in [0.05, 0.1) is 20.3 Å². The molecule has 0 fully saturated rings. The number of hydrogen-bond acceptors (Lipinski definition) is 4. The standard InChI is InChI=1S/C23H21F4NO4S/c1-31-21-9-7-17(8-10-21)18-5-6-19(22(24)14-18)15-32-12-11-16-3-2-4-20(13-16)28-33(29,30)23(25,26)27/h2-10,13-14,28H,11-12,15H2,1H3. The number of ether oxygens (including phenoxy) is 2. The predicted octanol–water partition coefficient (Wildman–Crippen LogP) is 5.52. The lowest BCUT2D eigenvalue weighted by atomic mass is 10.0. The van der Waals surface area contributed by atoms with Crippen LogP contribution in [0.15, 0.2) is 66.7 Å². The van der Waals surface area contributed by atoms with Gasteiger partial charge in [0.15, 0.2) is 0 Å². The summed E-state index contributed by atoms with van der Waals surface area (Å²) in [4.78, 5) is 0. The number of rotatable bonds is 9. The van der Waals surface area contributed by atoms with Crippen molar-refractivity contribution in [2.75, 3.05) is 18.4 Å². The molecule has 10 heteroatoms. The SMILES string of the molecule is COc1ccc(-c2ccc(COCCc3cccc(NS(=O)(=O)C(F)(F)F)c3)c(F)c2)cc1. The summed E-state index contributed by atoms with van der Waals surface area (Å²) >= 11 is 0. The van der Waals surface area contributed by atoms with Crippen LogP contribution in [-0.4, -0.2) is 27.6 Å². The van der Waals surface area contributed by atoms with Gasteiger partial charge in [-0.3, -0.25) is 4.72 Å². The lowest BCUT2D eigenvalue weighted by molar-refractivity contribution is -0.0429. The molecule has 0 aliphatic heterocycles. The Hall–Kier alpha value is -3.11. The first-order valence-electron chi connectivity index (χ1n) is 9.78. The van der Waals surface area contributed by atoms with Crippen molar-refractivity contribution in [3.63, 3.8) is 0 Å². The van der Waals surface area contributed by atoms with Crippen LogP contribution in [0.4, 0.5) is 23.2 Å². The van der Waals surface area contributed by atoms with Crippen LogP contribution in [0, 0.1) is 5.82 Å². The Kier molecular flexibility index (Phi) is 7.60. The van der Waals surface area contributed by atoms with Crippen molar-refractivity contribution < 1.29 is 35.5 Å². The Morgan fingerprint density at radius 2 is 1.64 bits per heavy atom. The summed E-state index contributed by atoms with van der Waals surface area (Å²) in [5.41, 5.74) is -3.14. The summed E-state index contributed by atoms with van der Waals surface area (Å²) < 4.78 is 86.6. The Morgan fingerprint density at radius 1 is 0.939 bits per heavy atom. The van der Waals surface area contributed by atoms with Gasteiger partial charge in [0.2, 0.25) is 0 Å². The average Bonchev–Trinajstić information content (AvgIpc) is 2.77. The minimum atomic E-state index is -5.49. The molecule has 33 heavy (non-hydrogen) atoms. The van der Waals surface area contributed by atoms with Crippen LogP contribution < -0.4 is 9.46 Å². The van der Waals surface area contributed by atoms with Crippen molar-refractivity contribution in [3.8, 4) is 16.9 Å². The normalized spacial score (nSPS) is 11.9. The maximum absolute atomic E-state index is 14.5. The molecule has 5 nitrogen and oxygen atoms in total. The van der Waals surface area contributed by atoms with Crippen LogP contribution in [0.1, 0.15) is 11.1 Å². The van der Waals surface area contributed by atoms with E-state index in [2.05, 4.69) is 0 Å². The summed E-state index contributed by atoms with van der Waals surface area (Å²) in [6, 6.07) is 17.6. The van der Waals surface area contributed by atoms with Crippen LogP contribution in [0.25, 0.3) is 11.1 Å². The van der Waals surface area contributed by atoms with Crippen molar-refractivity contribution >= 4 is 15.7 Å². The van der Waals surface area contributed by atoms with E-state index in [1.165, 1.54) is 29.0 Å². The molecule has 3 aromatic rings. The van der Waals surface area contributed by atoms with Gasteiger partial charge in [0.1, 0.15) is 11.6 Å². The number of halogens is 4. The van der Waals surface area contributed by atoms with E-state index >= 15 is 0 Å². The fourth-order valence-electron chi connectivity index (χ4n) is 3.00. The molecule has 0 amide bonds. The molecule has 0 aliphatic carbocycles. The second-order valence-corrected chi connectivity index (χ2v) is 8.76. The lowest BCUT2D eigenvalue weighted by Crippen LogP contribution is -2.29. The molecular weight excluding hydrogens is 462 g/mol. The van der Waals surface area contributed by atoms with E-state index in [1.54, 1.807) is 37.4 Å². The van der Waals surface area contributed by atoms with Crippen molar-refractivity contribution in [2.45, 2.75) is 18.5 Å². The van der Waals surface area contributed by atoms with Gasteiger partial charge in [-0.1, -0.05) is 36.4 Å². The third kappa shape index (κ3) is 6.45. The van der Waals surface area contributed by atoms with Crippen molar-refractivity contribution in [2.24, 2.45) is 0 Å². The number of methoxy groups -OCH3 is 1. The number of nitrogens with one attached hydrogen (secondary N) is 1. The predicted molar refractivity (Wildman–Crippen MR) is 117 cm³/mol. The largest absolute Gasteiger partial charge is 0.516 e. The van der Waals surface area contributed by atoms with E-state index in [1.807, 2.05) is 12.1 Å². The van der Waals surface area contributed by atoms with Gasteiger partial charge in [-0.25, -0.2) is 4.39 Å². The second kappa shape index (κ2) is 10.2. The third-order valence-corrected chi connectivity index (χ3v) is 5.87. The van der Waals surface area contributed by atoms with E-state index in [0.29, 0.717) is 28.9 Å². The van der Waals surface area contributed by atoms with Gasteiger partial charge in [-0.15, -0.1) is 0 Å². The van der Waals surface area contributed by atoms with Crippen LogP contribution >= 0.6 is 0 Å². The van der Waals surface area contributed by atoms with Gasteiger partial charge < -0.3 is 9.47 Å². The summed E-state index contributed by atoms with van der Waals surface area (Å²) in [5, 5.41) is 0. The van der Waals surface area contributed by atoms with E-state index in [9.17, 15) is 26.0 Å². The molecule has 0 unspecified atom stereocenters. The fourth-order valence-corrected chi connectivity index (χ4v) is 3.56. The Morgan fingerprint density at radius 3 is 2.27 bits per heavy atom. The van der Waals surface area contributed by atoms with Crippen molar-refractivity contribution in [1.82, 2.24) is 0 Å². The molecule has 0 radical (unpaired) electrons. The zero-order valence-electron chi connectivity index (χ0n) is 17.5. The van der Waals surface area contributed by atoms with Crippen LogP contribution in [0.3, 0.4) is 0 Å². The van der Waals surface area contributed by atoms with E-state index in [-0.39, 0.29) is 18.9 Å². The number of sulfonamides is 1. The quantitative estimate of drug-likeness (QED) is 0.322. The van der Waals surface area contributed by atoms with Crippen molar-refractivity contribution in [3.05, 3.63) is 83.7 Å². The van der Waals surface area contributed by atoms with E-state index in [0.717, 1.165) is 5.56 Å². The highest BCUT2D eigenvalue weighted by molar-refractivity contribution is 7.93. The molecule has 0 aromatic heterocycles. The highest BCUT2D eigenvalue weighted by Crippen LogP contribution is 2.26. The Bertz CT molecular complexity index is 1200. The number of benzene rings is 3. The first-order valence-corrected chi connectivity index (χ1v) is 11.3. The van der Waals surface area contributed by atoms with Crippen LogP contribution in [-0.2, 0) is 27.8 Å². The molecule has 0 spiro atoms. The fraction of sp³-hybridized carbons (Fsp3) is 0.217. The van der Waals surface area contributed by atoms with E-state index in [4.69, 9.17) is 9.47 Å². The monoisotopic (exact) mass is 483 g/mol. The summed E-state index contributed by atoms with van der Waals surface area (Å²) in [6.07, 6.45) is 0.299. The molecule has 1 N–H and O–H groups in total. The van der Waals surface area contributed by atoms with Gasteiger partial charge in [0, 0.05) is 11.3 Å². The summed E-state index contributed by atoms with van der Waals surface area (Å²) in [5.74, 6) is 0.277. The second-order valence-electron chi connectivity index (χ2n) is 7.09. The van der Waals surface area contributed by atoms with Crippen LogP contribution in [0.5, 0.6) is 5.75 Å². The first kappa shape index (κ1) is 24.5. The van der Waals surface area contributed by atoms with E-state index < -0.39 is 21.3 Å². The highest BCUT2D eigenvalue weighted by atomic mass is 32.2. The van der Waals surface area contributed by atoms with Crippen LogP contribution in [0.2, 0.25) is 0 Å². The first-order chi connectivity index (χ1) is 15.6. The molecule has 0 heterocycles. The third-order valence-electron chi connectivity index (χ3n) is 4.75. The highest BCUT2D eigenvalue weighted by Gasteiger charge is 2.46. The van der Waals surface area contributed by atoms with Gasteiger partial charge in [-0.05, 0) is 53.4 Å². The lowest BCUT2D eigenvalue weighted by Gasteiger charge is -2.12. The Balaban J connectivity index is 1.55. The number of hydrogen-bond donors (Lipinski definition) is 1. The molecule has 3 aromatic carbocycles.